The third kappa shape index (κ3) is 26.2. The van der Waals surface area contributed by atoms with Gasteiger partial charge in [-0.1, -0.05) is 35.5 Å². The molecule has 2 heterocycles. The Morgan fingerprint density at radius 1 is 0.764 bits per heavy atom. The number of rotatable bonds is 33. The van der Waals surface area contributed by atoms with Gasteiger partial charge in [-0.3, -0.25) is 48.4 Å². The molecule has 8 amide bonds. The number of hydrogen-bond acceptors (Lipinski definition) is 15. The summed E-state index contributed by atoms with van der Waals surface area (Å²) < 4.78 is 35.6. The largest absolute Gasteiger partial charge is 0.481 e. The number of amides is 8. The molecule has 28 heteroatoms. The van der Waals surface area contributed by atoms with E-state index in [-0.39, 0.29) is 89.5 Å². The minimum Gasteiger partial charge on any atom is -0.481 e. The van der Waals surface area contributed by atoms with Crippen molar-refractivity contribution in [2.24, 2.45) is 16.5 Å². The summed E-state index contributed by atoms with van der Waals surface area (Å²) >= 11 is 0. The highest BCUT2D eigenvalue weighted by Crippen LogP contribution is 2.09. The number of aliphatic carboxylic acids is 1. The highest BCUT2D eigenvalue weighted by atomic mass is 19.1. The number of aromatic nitrogens is 3. The maximum Gasteiger partial charge on any atom is 0.337 e. The van der Waals surface area contributed by atoms with Gasteiger partial charge in [0.25, 0.3) is 5.91 Å². The molecule has 1 aliphatic heterocycles. The van der Waals surface area contributed by atoms with Crippen molar-refractivity contribution in [1.82, 2.24) is 57.3 Å². The van der Waals surface area contributed by atoms with Gasteiger partial charge in [0.1, 0.15) is 24.7 Å². The fourth-order valence-corrected chi connectivity index (χ4v) is 6.56. The molecule has 0 spiro atoms. The fraction of sp³-hybridized carbons (Fsp3) is 0.614. The zero-order valence-electron chi connectivity index (χ0n) is 40.3. The van der Waals surface area contributed by atoms with Gasteiger partial charge in [-0.25, -0.2) is 14.5 Å². The summed E-state index contributed by atoms with van der Waals surface area (Å²) in [4.78, 5) is 107. The number of nitrogens with zero attached hydrogens (tertiary/aromatic N) is 5. The maximum absolute atomic E-state index is 13.9. The van der Waals surface area contributed by atoms with E-state index in [0.717, 1.165) is 5.01 Å². The van der Waals surface area contributed by atoms with Crippen molar-refractivity contribution < 1.29 is 66.8 Å². The first kappa shape index (κ1) is 59.3. The Bertz CT molecular complexity index is 2030. The lowest BCUT2D eigenvalue weighted by atomic mass is 10.1. The summed E-state index contributed by atoms with van der Waals surface area (Å²) in [6, 6.07) is 3.36. The Balaban J connectivity index is 1.40. The fourth-order valence-electron chi connectivity index (χ4n) is 6.56. The molecule has 27 nitrogen and oxygen atoms in total. The number of aryl methyl sites for hydroxylation is 1. The molecule has 1 fully saturated rings. The number of carboxylic acids is 1. The van der Waals surface area contributed by atoms with Crippen LogP contribution in [0.15, 0.2) is 41.5 Å². The molecule has 3 rings (SSSR count). The summed E-state index contributed by atoms with van der Waals surface area (Å²) in [6.07, 6.45) is 2.59. The number of carbonyl (C=O) groups excluding carboxylic acids is 7. The van der Waals surface area contributed by atoms with Crippen LogP contribution in [0.25, 0.3) is 0 Å². The number of benzene rings is 1. The molecule has 1 aromatic carbocycles. The number of alkyl halides is 1. The number of hydrazine groups is 1. The summed E-state index contributed by atoms with van der Waals surface area (Å²) in [7, 11) is 0. The number of guanidine groups is 1. The van der Waals surface area contributed by atoms with Crippen LogP contribution in [0.4, 0.5) is 9.18 Å². The Morgan fingerprint density at radius 3 is 2.10 bits per heavy atom. The van der Waals surface area contributed by atoms with Gasteiger partial charge in [-0.2, -0.15) is 0 Å². The lowest BCUT2D eigenvalue weighted by Gasteiger charge is -2.28. The van der Waals surface area contributed by atoms with E-state index in [9.17, 15) is 47.9 Å². The average Bonchev–Trinajstić information content (AvgIpc) is 3.79. The zero-order valence-corrected chi connectivity index (χ0v) is 40.3. The van der Waals surface area contributed by atoms with E-state index < -0.39 is 73.4 Å². The second kappa shape index (κ2) is 35.1. The first-order chi connectivity index (χ1) is 34.7. The van der Waals surface area contributed by atoms with Crippen LogP contribution in [-0.4, -0.2) is 182 Å². The highest BCUT2D eigenvalue weighted by molar-refractivity contribution is 5.96. The lowest BCUT2D eigenvalue weighted by Crippen LogP contribution is -2.59. The van der Waals surface area contributed by atoms with E-state index >= 15 is 0 Å². The van der Waals surface area contributed by atoms with Crippen LogP contribution < -0.4 is 48.8 Å². The van der Waals surface area contributed by atoms with Crippen molar-refractivity contribution in [3.05, 3.63) is 47.8 Å². The first-order valence-electron chi connectivity index (χ1n) is 23.6. The first-order valence-corrected chi connectivity index (χ1v) is 23.6. The lowest BCUT2D eigenvalue weighted by molar-refractivity contribution is -0.141. The molecule has 2 aromatic rings. The van der Waals surface area contributed by atoms with Crippen molar-refractivity contribution in [3.8, 4) is 0 Å². The number of carbonyl (C=O) groups is 8. The topological polar surface area (TPSA) is 376 Å². The number of aliphatic imine (C=N–C) groups is 1. The molecule has 0 aliphatic carbocycles. The van der Waals surface area contributed by atoms with Gasteiger partial charge in [-0.05, 0) is 50.5 Å². The predicted octanol–water partition coefficient (Wildman–Crippen LogP) is -2.72. The predicted molar refractivity (Wildman–Crippen MR) is 254 cm³/mol. The van der Waals surface area contributed by atoms with Crippen LogP contribution in [0, 0.1) is 0 Å². The van der Waals surface area contributed by atoms with Gasteiger partial charge in [0.2, 0.25) is 29.5 Å². The standard InChI is InChI=1S/C44H69FN14O13/c45-14-6-10-32-29-58(57-55-32)30-38(62)49-17-19-70-21-23-72-25-24-71-22-20-69-18-13-36(60)48-15-5-4-11-34-41(66)53-33(12-7-16-50-43(46)47)40(65)51-27-37(61)52-35(26-39(63)64)42(67)56-59(44(68)54-34)28-31-8-2-1-3-9-31/h1-3,8-9,29,33-35H,4-7,10-28,30H2,(H,48,60)(H,49,62)(H,51,65)(H,52,61)(H,53,66)(H,54,68)(H,56,67)(H,63,64)(H4,46,47,50). The van der Waals surface area contributed by atoms with E-state index in [4.69, 9.17) is 30.4 Å². The molecule has 0 radical (unpaired) electrons. The van der Waals surface area contributed by atoms with Gasteiger partial charge in [-0.15, -0.1) is 5.10 Å². The molecule has 1 aromatic heterocycles. The van der Waals surface area contributed by atoms with Crippen LogP contribution in [0.3, 0.4) is 0 Å². The quantitative estimate of drug-likeness (QED) is 0.0197. The van der Waals surface area contributed by atoms with Gasteiger partial charge in [0.05, 0.1) is 84.7 Å². The normalized spacial score (nSPS) is 16.8. The Morgan fingerprint density at radius 2 is 1.42 bits per heavy atom. The zero-order chi connectivity index (χ0) is 52.4. The highest BCUT2D eigenvalue weighted by Gasteiger charge is 2.32. The van der Waals surface area contributed by atoms with E-state index in [1.54, 1.807) is 36.5 Å². The number of ether oxygens (including phenoxy) is 4. The maximum atomic E-state index is 13.9. The smallest absolute Gasteiger partial charge is 0.337 e. The van der Waals surface area contributed by atoms with Crippen LogP contribution >= 0.6 is 0 Å². The summed E-state index contributed by atoms with van der Waals surface area (Å²) in [5, 5.41) is 33.5. The molecule has 1 saturated heterocycles. The van der Waals surface area contributed by atoms with Crippen LogP contribution in [-0.2, 0) is 72.0 Å². The third-order valence-electron chi connectivity index (χ3n) is 10.2. The molecule has 3 atom stereocenters. The van der Waals surface area contributed by atoms with Gasteiger partial charge in [0.15, 0.2) is 5.96 Å². The average molecular weight is 1020 g/mol. The second-order valence-corrected chi connectivity index (χ2v) is 16.1. The summed E-state index contributed by atoms with van der Waals surface area (Å²) in [6.45, 7) is 1.56. The molecule has 72 heavy (non-hydrogen) atoms. The third-order valence-corrected chi connectivity index (χ3v) is 10.2. The van der Waals surface area contributed by atoms with Gasteiger partial charge < -0.3 is 67.4 Å². The monoisotopic (exact) mass is 1020 g/mol. The Hall–Kier alpha value is -7.04. The number of nitrogens with one attached hydrogen (secondary N) is 7. The molecular weight excluding hydrogens is 952 g/mol. The van der Waals surface area contributed by atoms with Crippen LogP contribution in [0.1, 0.15) is 62.6 Å². The number of halogens is 1. The molecule has 3 unspecified atom stereocenters. The summed E-state index contributed by atoms with van der Waals surface area (Å²) in [5.41, 5.74) is 14.4. The van der Waals surface area contributed by atoms with Crippen LogP contribution in [0.5, 0.6) is 0 Å². The second-order valence-electron chi connectivity index (χ2n) is 16.1. The van der Waals surface area contributed by atoms with E-state index in [1.807, 2.05) is 0 Å². The van der Waals surface area contributed by atoms with Crippen molar-refractivity contribution >= 4 is 53.4 Å². The molecule has 400 valence electrons. The Kier molecular flexibility index (Phi) is 28.9. The minimum atomic E-state index is -1.66. The number of carboxylic acid groups (broad SMARTS) is 1. The van der Waals surface area contributed by atoms with Crippen molar-refractivity contribution in [2.45, 2.75) is 89.0 Å². The van der Waals surface area contributed by atoms with Crippen molar-refractivity contribution in [1.29, 1.82) is 0 Å². The number of nitrogens with two attached hydrogens (primary N) is 2. The number of hydrogen-bond donors (Lipinski definition) is 10. The van der Waals surface area contributed by atoms with Gasteiger partial charge in [0, 0.05) is 32.3 Å². The van der Waals surface area contributed by atoms with E-state index in [1.165, 1.54) is 4.68 Å². The molecule has 1 aliphatic rings. The number of unbranched alkanes of at least 4 members (excludes halogenated alkanes) is 1. The van der Waals surface area contributed by atoms with Crippen molar-refractivity contribution in [3.63, 3.8) is 0 Å². The minimum absolute atomic E-state index is 0.00175. The molecule has 12 N–H and O–H groups in total. The molecule has 0 saturated carbocycles. The van der Waals surface area contributed by atoms with E-state index in [2.05, 4.69) is 52.6 Å². The molecular formula is C44H69FN14O13. The number of urea groups is 1. The Labute approximate surface area is 415 Å². The van der Waals surface area contributed by atoms with Crippen LogP contribution in [0.2, 0.25) is 0 Å². The van der Waals surface area contributed by atoms with Gasteiger partial charge >= 0.3 is 12.0 Å². The summed E-state index contributed by atoms with van der Waals surface area (Å²) in [5.74, 6) is -5.64. The van der Waals surface area contributed by atoms with E-state index in [0.29, 0.717) is 76.5 Å². The SMILES string of the molecule is NC(N)=NCCCC1NC(=O)C(CCCCNC(=O)CCOCCOCCOCCOCCNC(=O)Cn2cc(CCCF)nn2)NC(=O)N(Cc2ccccc2)NC(=O)C(CC(=O)O)NC(=O)CNC1=O. The molecule has 0 bridgehead atoms. The van der Waals surface area contributed by atoms with Crippen molar-refractivity contribution in [2.75, 3.05) is 85.7 Å².